The SMILES string of the molecule is F.F.F.F.[O]=[Ge][O-].[O]=[Ge][O-].[O]=[Ge][O-].[O]=[Ge][O-].[Rb+].[Sc+3]. The van der Waals surface area contributed by atoms with Crippen molar-refractivity contribution in [1.82, 2.24) is 0 Å². The molecule has 0 unspecified atom stereocenters. The maximum absolute atomic E-state index is 8.50. The number of hydrogen-bond donors (Lipinski definition) is 0. The minimum Gasteiger partial charge on any atom is 1.00 e. The summed E-state index contributed by atoms with van der Waals surface area (Å²) in [6.45, 7) is 0. The van der Waals surface area contributed by atoms with Gasteiger partial charge in [0.1, 0.15) is 0 Å². The molecule has 0 N–H and O–H groups in total. The molecule has 18 heteroatoms. The fourth-order valence-corrected chi connectivity index (χ4v) is 0. The minimum absolute atomic E-state index is 0. The third kappa shape index (κ3) is 696. The molecular formula is H4F4Ge4O8RbSc. The van der Waals surface area contributed by atoms with Crippen molar-refractivity contribution >= 4 is 62.8 Å². The summed E-state index contributed by atoms with van der Waals surface area (Å²) in [5.41, 5.74) is 0. The average molecular weight is 629 g/mol. The summed E-state index contributed by atoms with van der Waals surface area (Å²) in [6.07, 6.45) is 0. The molecule has 0 aromatic heterocycles. The van der Waals surface area contributed by atoms with E-state index >= 15 is 0 Å². The van der Waals surface area contributed by atoms with Crippen LogP contribution in [0.25, 0.3) is 0 Å². The largest absolute Gasteiger partial charge is 3.00 e. The maximum atomic E-state index is 8.50. The van der Waals surface area contributed by atoms with Crippen molar-refractivity contribution in [2.45, 2.75) is 0 Å². The smallest absolute Gasteiger partial charge is 1.00 e. The Morgan fingerprint density at radius 2 is 0.500 bits per heavy atom. The second-order valence-electron chi connectivity index (χ2n) is 0.333. The summed E-state index contributed by atoms with van der Waals surface area (Å²) < 4.78 is 68.0. The second kappa shape index (κ2) is 148. The van der Waals surface area contributed by atoms with Gasteiger partial charge in [-0.25, -0.2) is 0 Å². The Morgan fingerprint density at radius 1 is 0.500 bits per heavy atom. The van der Waals surface area contributed by atoms with Crippen molar-refractivity contribution < 1.29 is 134 Å². The molecule has 0 spiro atoms. The van der Waals surface area contributed by atoms with Gasteiger partial charge in [-0.05, 0) is 0 Å². The Kier molecular flexibility index (Phi) is 571. The zero-order valence-corrected chi connectivity index (χ0v) is 23.6. The molecule has 0 saturated heterocycles. The molecule has 100 valence electrons. The first-order valence-electron chi connectivity index (χ1n) is 1.63. The van der Waals surface area contributed by atoms with Crippen LogP contribution in [0, 0.1) is 0 Å². The normalized spacial score (nSPS) is 2.67. The van der Waals surface area contributed by atoms with E-state index in [-0.39, 0.29) is 103 Å². The standard InChI is InChI=1S/4FH.4GeO2.Rb.Sc/c;;;;4*2-1-3;;/h4*1H;;;;;;/q;;;;4*-1;+1;+3. The van der Waals surface area contributed by atoms with Crippen LogP contribution in [-0.2, 0) is 41.0 Å². The van der Waals surface area contributed by atoms with E-state index in [4.69, 9.17) is 31.6 Å². The molecule has 0 fully saturated rings. The van der Waals surface area contributed by atoms with Crippen LogP contribution in [0.2, 0.25) is 0 Å². The first-order valence-corrected chi connectivity index (χ1v) is 8.49. The third-order valence-electron chi connectivity index (χ3n) is 0. The molecule has 0 bridgehead atoms. The Hall–Kier alpha value is 2.97. The first kappa shape index (κ1) is 69.5. The summed E-state index contributed by atoms with van der Waals surface area (Å²) >= 11 is -8.00. The fourth-order valence-electron chi connectivity index (χ4n) is 0. The van der Waals surface area contributed by atoms with Crippen molar-refractivity contribution in [2.75, 3.05) is 0 Å². The van der Waals surface area contributed by atoms with Crippen molar-refractivity contribution in [1.29, 1.82) is 0 Å². The van der Waals surface area contributed by atoms with E-state index in [1.807, 2.05) is 0 Å². The zero-order valence-electron chi connectivity index (χ0n) is 8.48. The number of rotatable bonds is 0. The van der Waals surface area contributed by atoms with Gasteiger partial charge in [-0.2, -0.15) is 0 Å². The van der Waals surface area contributed by atoms with Gasteiger partial charge < -0.3 is 0 Å². The van der Waals surface area contributed by atoms with Gasteiger partial charge in [0.15, 0.2) is 0 Å². The van der Waals surface area contributed by atoms with E-state index in [0.29, 0.717) is 0 Å². The zero-order chi connectivity index (χ0) is 10.8. The third-order valence-corrected chi connectivity index (χ3v) is 0. The fraction of sp³-hybridized carbons (Fsp3) is 0. The van der Waals surface area contributed by atoms with Crippen LogP contribution in [0.3, 0.4) is 0 Å². The summed E-state index contributed by atoms with van der Waals surface area (Å²) in [7, 11) is 0. The summed E-state index contributed by atoms with van der Waals surface area (Å²) in [5, 5.41) is 0. The van der Waals surface area contributed by atoms with Crippen molar-refractivity contribution in [2.24, 2.45) is 0 Å². The minimum atomic E-state index is -2.00. The van der Waals surface area contributed by atoms with Crippen molar-refractivity contribution in [3.8, 4) is 0 Å². The molecule has 0 rings (SSSR count). The Morgan fingerprint density at radius 3 is 0.500 bits per heavy atom. The van der Waals surface area contributed by atoms with E-state index < -0.39 is 62.8 Å². The Labute approximate surface area is 193 Å². The monoisotopic (exact) mass is 634 g/mol. The summed E-state index contributed by atoms with van der Waals surface area (Å²) in [6, 6.07) is 0. The Bertz CT molecular complexity index is 89.1. The summed E-state index contributed by atoms with van der Waals surface area (Å²) in [4.78, 5) is 0. The van der Waals surface area contributed by atoms with Crippen LogP contribution in [0.15, 0.2) is 0 Å². The van der Waals surface area contributed by atoms with E-state index in [1.165, 1.54) is 0 Å². The van der Waals surface area contributed by atoms with E-state index in [9.17, 15) is 0 Å². The van der Waals surface area contributed by atoms with Gasteiger partial charge in [0, 0.05) is 0 Å². The number of hydrogen-bond acceptors (Lipinski definition) is 8. The van der Waals surface area contributed by atoms with Gasteiger partial charge in [-0.3, -0.25) is 18.8 Å². The van der Waals surface area contributed by atoms with Gasteiger partial charge in [-0.1, -0.05) is 0 Å². The maximum Gasteiger partial charge on any atom is 3.00 e. The van der Waals surface area contributed by atoms with Crippen LogP contribution in [0.4, 0.5) is 18.8 Å². The van der Waals surface area contributed by atoms with Crippen LogP contribution < -0.4 is 74.7 Å². The molecular weight excluding hydrogens is 625 g/mol. The quantitative estimate of drug-likeness (QED) is 0.189. The van der Waals surface area contributed by atoms with Gasteiger partial charge >= 0.3 is 178 Å². The van der Waals surface area contributed by atoms with Crippen LogP contribution in [-0.4, -0.2) is 62.8 Å². The van der Waals surface area contributed by atoms with E-state index in [0.717, 1.165) is 0 Å². The molecule has 0 aliphatic carbocycles. The summed E-state index contributed by atoms with van der Waals surface area (Å²) in [5.74, 6) is 0. The first-order chi connectivity index (χ1) is 5.66. The van der Waals surface area contributed by atoms with Gasteiger partial charge in [-0.15, -0.1) is 0 Å². The molecule has 8 nitrogen and oxygen atoms in total. The van der Waals surface area contributed by atoms with Crippen LogP contribution in [0.5, 0.6) is 0 Å². The predicted molar refractivity (Wildman–Crippen MR) is 35.8 cm³/mol. The molecule has 18 heavy (non-hydrogen) atoms. The molecule has 0 aromatic rings. The van der Waals surface area contributed by atoms with Gasteiger partial charge in [0.2, 0.25) is 0 Å². The molecule has 0 atom stereocenters. The van der Waals surface area contributed by atoms with E-state index in [1.54, 1.807) is 0 Å². The average Bonchev–Trinajstić information content (AvgIpc) is 1.92. The molecule has 4 radical (unpaired) electrons. The van der Waals surface area contributed by atoms with Gasteiger partial charge in [0.05, 0.1) is 0 Å². The van der Waals surface area contributed by atoms with Crippen LogP contribution in [0.1, 0.15) is 0 Å². The molecule has 0 aromatic carbocycles. The van der Waals surface area contributed by atoms with E-state index in [2.05, 4.69) is 0 Å². The molecule has 0 aliphatic rings. The molecule has 0 amide bonds. The van der Waals surface area contributed by atoms with Crippen LogP contribution >= 0.6 is 0 Å². The molecule has 0 saturated carbocycles. The second-order valence-corrected chi connectivity index (χ2v) is 1.73. The van der Waals surface area contributed by atoms with Gasteiger partial charge in [0.25, 0.3) is 0 Å². The topological polar surface area (TPSA) is 161 Å². The Balaban J connectivity index is -0.00000000533. The van der Waals surface area contributed by atoms with Crippen molar-refractivity contribution in [3.05, 3.63) is 0 Å². The van der Waals surface area contributed by atoms with Crippen molar-refractivity contribution in [3.63, 3.8) is 0 Å². The molecule has 0 aliphatic heterocycles. The predicted octanol–water partition coefficient (Wildman–Crippen LogP) is -9.14. The molecule has 0 heterocycles. The number of halogens is 4.